The highest BCUT2D eigenvalue weighted by molar-refractivity contribution is 8.14. The molecule has 0 saturated carbocycles. The lowest BCUT2D eigenvalue weighted by molar-refractivity contribution is -0.274. The Hall–Kier alpha value is -4.27. The SMILES string of the molecule is CC(C)C(=O)OCS/C(=N/C(=O)Nc1ccc(-c2ncn(-c3ccc(OC(F)(F)F)cc3)n2)cc1)Nc1c(Cl)cccc1Cl. The standard InChI is InChI=1S/C28H23Cl2F3N6O4S/c1-16(2)25(40)42-15-44-27(36-23-21(29)4-3-5-22(23)30)37-26(41)35-18-8-6-17(7-9-18)24-34-14-39(38-24)19-10-12-20(13-11-19)43-28(31,32)33/h3-14,16H,15H2,1-2H3,(H2,35,36,37,41). The van der Waals surface area contributed by atoms with E-state index in [1.165, 1.54) is 35.3 Å². The summed E-state index contributed by atoms with van der Waals surface area (Å²) in [5.74, 6) is -0.868. The molecule has 0 aliphatic heterocycles. The second kappa shape index (κ2) is 14.5. The predicted molar refractivity (Wildman–Crippen MR) is 163 cm³/mol. The fourth-order valence-electron chi connectivity index (χ4n) is 3.40. The summed E-state index contributed by atoms with van der Waals surface area (Å²) in [6.07, 6.45) is -3.37. The van der Waals surface area contributed by atoms with E-state index < -0.39 is 18.4 Å². The Bertz CT molecular complexity index is 1630. The molecule has 16 heteroatoms. The maximum absolute atomic E-state index is 12.8. The van der Waals surface area contributed by atoms with Crippen LogP contribution in [-0.2, 0) is 9.53 Å². The molecule has 2 N–H and O–H groups in total. The number of rotatable bonds is 8. The molecule has 4 rings (SSSR count). The van der Waals surface area contributed by atoms with Gasteiger partial charge in [0.2, 0.25) is 0 Å². The number of urea groups is 1. The van der Waals surface area contributed by atoms with Gasteiger partial charge in [-0.1, -0.05) is 43.1 Å². The average molecular weight is 667 g/mol. The Morgan fingerprint density at radius 3 is 2.27 bits per heavy atom. The van der Waals surface area contributed by atoms with E-state index in [0.717, 1.165) is 11.8 Å². The summed E-state index contributed by atoms with van der Waals surface area (Å²) in [7, 11) is 0. The van der Waals surface area contributed by atoms with E-state index in [9.17, 15) is 22.8 Å². The zero-order valence-corrected chi connectivity index (χ0v) is 25.3. The molecule has 44 heavy (non-hydrogen) atoms. The third-order valence-corrected chi connectivity index (χ3v) is 6.82. The van der Waals surface area contributed by atoms with Crippen molar-refractivity contribution in [3.8, 4) is 22.8 Å². The zero-order chi connectivity index (χ0) is 31.9. The number of hydrogen-bond donors (Lipinski definition) is 2. The second-order valence-electron chi connectivity index (χ2n) is 9.08. The van der Waals surface area contributed by atoms with Crippen molar-refractivity contribution in [2.45, 2.75) is 20.2 Å². The molecule has 10 nitrogen and oxygen atoms in total. The molecule has 0 saturated heterocycles. The number of benzene rings is 3. The number of carbonyl (C=O) groups excluding carboxylic acids is 2. The van der Waals surface area contributed by atoms with Crippen LogP contribution >= 0.6 is 35.0 Å². The lowest BCUT2D eigenvalue weighted by Crippen LogP contribution is -2.17. The molecule has 3 aromatic carbocycles. The molecule has 1 aromatic heterocycles. The van der Waals surface area contributed by atoms with Crippen LogP contribution in [0.2, 0.25) is 10.0 Å². The molecular formula is C28H23Cl2F3N6O4S. The minimum atomic E-state index is -4.79. The van der Waals surface area contributed by atoms with Gasteiger partial charge >= 0.3 is 18.4 Å². The first-order valence-electron chi connectivity index (χ1n) is 12.7. The maximum Gasteiger partial charge on any atom is 0.573 e. The molecule has 4 aromatic rings. The number of esters is 1. The number of aliphatic imine (C=N–C) groups is 1. The van der Waals surface area contributed by atoms with Crippen molar-refractivity contribution >= 4 is 63.5 Å². The highest BCUT2D eigenvalue weighted by Crippen LogP contribution is 2.31. The van der Waals surface area contributed by atoms with Crippen LogP contribution in [0.1, 0.15) is 13.8 Å². The van der Waals surface area contributed by atoms with E-state index in [4.69, 9.17) is 27.9 Å². The number of nitrogens with one attached hydrogen (secondary N) is 2. The fourth-order valence-corrected chi connectivity index (χ4v) is 4.50. The number of alkyl halides is 3. The number of aromatic nitrogens is 3. The smallest absolute Gasteiger partial charge is 0.454 e. The van der Waals surface area contributed by atoms with E-state index in [1.54, 1.807) is 56.3 Å². The van der Waals surface area contributed by atoms with Gasteiger partial charge in [-0.15, -0.1) is 18.3 Å². The molecule has 0 atom stereocenters. The normalized spacial score (nSPS) is 11.8. The topological polar surface area (TPSA) is 120 Å². The van der Waals surface area contributed by atoms with Crippen LogP contribution in [-0.4, -0.2) is 44.2 Å². The Morgan fingerprint density at radius 2 is 1.66 bits per heavy atom. The van der Waals surface area contributed by atoms with Gasteiger partial charge < -0.3 is 20.1 Å². The van der Waals surface area contributed by atoms with Crippen LogP contribution in [0.4, 0.5) is 29.3 Å². The Balaban J connectivity index is 1.43. The number of anilines is 2. The number of thioether (sulfide) groups is 1. The van der Waals surface area contributed by atoms with Gasteiger partial charge in [-0.3, -0.25) is 4.79 Å². The van der Waals surface area contributed by atoms with Crippen LogP contribution in [0.5, 0.6) is 5.75 Å². The van der Waals surface area contributed by atoms with E-state index in [2.05, 4.69) is 30.4 Å². The number of para-hydroxylation sites is 1. The Kier molecular flexibility index (Phi) is 10.7. The summed E-state index contributed by atoms with van der Waals surface area (Å²) in [5.41, 5.74) is 1.82. The molecule has 0 aliphatic carbocycles. The molecule has 0 spiro atoms. The molecule has 0 unspecified atom stereocenters. The average Bonchev–Trinajstić information content (AvgIpc) is 3.45. The first-order valence-corrected chi connectivity index (χ1v) is 14.4. The monoisotopic (exact) mass is 666 g/mol. The van der Waals surface area contributed by atoms with Gasteiger partial charge in [0.15, 0.2) is 11.0 Å². The van der Waals surface area contributed by atoms with Crippen molar-refractivity contribution in [1.82, 2.24) is 14.8 Å². The van der Waals surface area contributed by atoms with Crippen LogP contribution in [0.15, 0.2) is 78.0 Å². The number of nitrogens with zero attached hydrogens (tertiary/aromatic N) is 4. The summed E-state index contributed by atoms with van der Waals surface area (Å²) in [6.45, 7) is 3.39. The van der Waals surface area contributed by atoms with Gasteiger partial charge in [-0.05, 0) is 72.4 Å². The number of halogens is 5. The zero-order valence-electron chi connectivity index (χ0n) is 22.9. The van der Waals surface area contributed by atoms with Crippen LogP contribution in [0.25, 0.3) is 17.1 Å². The molecule has 1 heterocycles. The first-order chi connectivity index (χ1) is 20.9. The minimum Gasteiger partial charge on any atom is -0.454 e. The van der Waals surface area contributed by atoms with Crippen molar-refractivity contribution in [2.75, 3.05) is 16.6 Å². The molecule has 0 aliphatic rings. The third-order valence-electron chi connectivity index (χ3n) is 5.49. The first kappa shape index (κ1) is 32.6. The largest absolute Gasteiger partial charge is 0.573 e. The van der Waals surface area contributed by atoms with Crippen molar-refractivity contribution in [3.05, 3.63) is 83.1 Å². The number of ether oxygens (including phenoxy) is 2. The van der Waals surface area contributed by atoms with Crippen molar-refractivity contribution < 1.29 is 32.2 Å². The lowest BCUT2D eigenvalue weighted by atomic mass is 10.2. The molecule has 2 amide bonds. The lowest BCUT2D eigenvalue weighted by Gasteiger charge is -2.13. The quantitative estimate of drug-likeness (QED) is 0.0839. The summed E-state index contributed by atoms with van der Waals surface area (Å²) in [4.78, 5) is 32.9. The Morgan fingerprint density at radius 1 is 1.00 bits per heavy atom. The predicted octanol–water partition coefficient (Wildman–Crippen LogP) is 8.03. The van der Waals surface area contributed by atoms with Crippen molar-refractivity contribution in [3.63, 3.8) is 0 Å². The summed E-state index contributed by atoms with van der Waals surface area (Å²) >= 11 is 13.5. The van der Waals surface area contributed by atoms with E-state index in [1.807, 2.05) is 0 Å². The third kappa shape index (κ3) is 9.36. The number of amidine groups is 1. The molecule has 0 radical (unpaired) electrons. The van der Waals surface area contributed by atoms with Crippen LogP contribution in [0, 0.1) is 5.92 Å². The number of hydrogen-bond acceptors (Lipinski definition) is 7. The van der Waals surface area contributed by atoms with Crippen LogP contribution in [0.3, 0.4) is 0 Å². The molecular weight excluding hydrogens is 644 g/mol. The van der Waals surface area contributed by atoms with E-state index in [-0.39, 0.29) is 22.8 Å². The maximum atomic E-state index is 12.8. The van der Waals surface area contributed by atoms with Crippen molar-refractivity contribution in [1.29, 1.82) is 0 Å². The number of carbonyl (C=O) groups is 2. The number of amides is 2. The minimum absolute atomic E-state index is 0.0819. The summed E-state index contributed by atoms with van der Waals surface area (Å²) in [5, 5.41) is 10.6. The van der Waals surface area contributed by atoms with Gasteiger partial charge in [-0.25, -0.2) is 14.5 Å². The highest BCUT2D eigenvalue weighted by atomic mass is 35.5. The van der Waals surface area contributed by atoms with Gasteiger partial charge in [0.25, 0.3) is 0 Å². The van der Waals surface area contributed by atoms with Crippen molar-refractivity contribution in [2.24, 2.45) is 10.9 Å². The highest BCUT2D eigenvalue weighted by Gasteiger charge is 2.31. The molecule has 230 valence electrons. The van der Waals surface area contributed by atoms with Crippen LogP contribution < -0.4 is 15.4 Å². The second-order valence-corrected chi connectivity index (χ2v) is 10.8. The Labute approximate surface area is 263 Å². The van der Waals surface area contributed by atoms with Gasteiger partial charge in [-0.2, -0.15) is 4.99 Å². The molecule has 0 fully saturated rings. The van der Waals surface area contributed by atoms with E-state index >= 15 is 0 Å². The van der Waals surface area contributed by atoms with E-state index in [0.29, 0.717) is 38.5 Å². The fraction of sp³-hybridized carbons (Fsp3) is 0.179. The van der Waals surface area contributed by atoms with Gasteiger partial charge in [0.05, 0.1) is 27.3 Å². The molecule has 0 bridgehead atoms. The summed E-state index contributed by atoms with van der Waals surface area (Å²) in [6, 6.07) is 15.9. The summed E-state index contributed by atoms with van der Waals surface area (Å²) < 4.78 is 47.7. The van der Waals surface area contributed by atoms with Gasteiger partial charge in [0.1, 0.15) is 18.0 Å². The van der Waals surface area contributed by atoms with Gasteiger partial charge in [0, 0.05) is 11.3 Å².